The molecule has 124 valence electrons. The van der Waals surface area contributed by atoms with Crippen LogP contribution >= 0.6 is 0 Å². The zero-order valence-corrected chi connectivity index (χ0v) is 13.7. The third kappa shape index (κ3) is 4.00. The molecule has 1 aromatic heterocycles. The van der Waals surface area contributed by atoms with Crippen LogP contribution in [0.1, 0.15) is 29.5 Å². The lowest BCUT2D eigenvalue weighted by Gasteiger charge is -2.32. The average Bonchev–Trinajstić information content (AvgIpc) is 2.54. The molecule has 0 aliphatic heterocycles. The number of hydrogen-bond acceptors (Lipinski definition) is 6. The summed E-state index contributed by atoms with van der Waals surface area (Å²) < 4.78 is 0. The molecule has 1 fully saturated rings. The van der Waals surface area contributed by atoms with Gasteiger partial charge in [0.2, 0.25) is 5.95 Å². The van der Waals surface area contributed by atoms with Crippen molar-refractivity contribution in [2.75, 3.05) is 17.2 Å². The van der Waals surface area contributed by atoms with Crippen molar-refractivity contribution in [1.29, 1.82) is 5.26 Å². The predicted octanol–water partition coefficient (Wildman–Crippen LogP) is 2.25. The van der Waals surface area contributed by atoms with Gasteiger partial charge in [-0.05, 0) is 31.7 Å². The third-order valence-corrected chi connectivity index (χ3v) is 4.14. The highest BCUT2D eigenvalue weighted by molar-refractivity contribution is 5.54. The molecule has 1 aliphatic carbocycles. The normalized spacial score (nSPS) is 19.2. The Balaban J connectivity index is 1.60. The number of aromatic nitrogens is 2. The lowest BCUT2D eigenvalue weighted by atomic mass is 9.89. The Morgan fingerprint density at radius 1 is 1.38 bits per heavy atom. The van der Waals surface area contributed by atoms with Crippen molar-refractivity contribution in [3.05, 3.63) is 47.2 Å². The molecule has 3 rings (SSSR count). The summed E-state index contributed by atoms with van der Waals surface area (Å²) in [6.45, 7) is 2.80. The van der Waals surface area contributed by atoms with Gasteiger partial charge in [0, 0.05) is 12.6 Å². The number of benzene rings is 1. The van der Waals surface area contributed by atoms with E-state index in [1.807, 2.05) is 0 Å². The highest BCUT2D eigenvalue weighted by atomic mass is 16.3. The Bertz CT molecular complexity index is 749. The highest BCUT2D eigenvalue weighted by Gasteiger charge is 2.28. The van der Waals surface area contributed by atoms with Gasteiger partial charge in [0.25, 0.3) is 0 Å². The fraction of sp³-hybridized carbons (Fsp3) is 0.389. The molecule has 1 aliphatic rings. The van der Waals surface area contributed by atoms with Gasteiger partial charge in [-0.15, -0.1) is 0 Å². The number of rotatable bonds is 6. The van der Waals surface area contributed by atoms with Crippen LogP contribution in [-0.4, -0.2) is 33.8 Å². The van der Waals surface area contributed by atoms with Crippen LogP contribution in [-0.2, 0) is 6.42 Å². The van der Waals surface area contributed by atoms with E-state index in [0.717, 1.165) is 13.0 Å². The smallest absolute Gasteiger partial charge is 0.224 e. The van der Waals surface area contributed by atoms with Crippen LogP contribution in [0.5, 0.6) is 0 Å². The summed E-state index contributed by atoms with van der Waals surface area (Å²) in [5, 5.41) is 25.0. The van der Waals surface area contributed by atoms with Crippen LogP contribution in [0.3, 0.4) is 0 Å². The van der Waals surface area contributed by atoms with Crippen LogP contribution in [0.25, 0.3) is 0 Å². The second-order valence-electron chi connectivity index (χ2n) is 6.20. The van der Waals surface area contributed by atoms with Crippen molar-refractivity contribution in [1.82, 2.24) is 9.97 Å². The molecule has 1 aromatic carbocycles. The lowest BCUT2D eigenvalue weighted by Crippen LogP contribution is -2.39. The van der Waals surface area contributed by atoms with Crippen LogP contribution in [0, 0.1) is 18.3 Å². The van der Waals surface area contributed by atoms with Gasteiger partial charge in [-0.1, -0.05) is 29.8 Å². The van der Waals surface area contributed by atoms with Crippen LogP contribution in [0.4, 0.5) is 11.8 Å². The molecule has 0 radical (unpaired) electrons. The van der Waals surface area contributed by atoms with Crippen LogP contribution < -0.4 is 10.6 Å². The van der Waals surface area contributed by atoms with E-state index in [-0.39, 0.29) is 12.1 Å². The molecule has 3 N–H and O–H groups in total. The minimum atomic E-state index is -0.248. The standard InChI is InChI=1S/C18H21N5O/c1-12-3-2-4-13(7-12)5-6-20-18-21-11-14(10-19)17(23-18)22-15-8-16(24)9-15/h2-4,7,11,15-16,24H,5-6,8-9H2,1H3,(H2,20,21,22,23)/t15-,16-. The predicted molar refractivity (Wildman–Crippen MR) is 92.8 cm³/mol. The minimum absolute atomic E-state index is 0.169. The summed E-state index contributed by atoms with van der Waals surface area (Å²) >= 11 is 0. The monoisotopic (exact) mass is 323 g/mol. The second-order valence-corrected chi connectivity index (χ2v) is 6.20. The number of aliphatic hydroxyl groups excluding tert-OH is 1. The minimum Gasteiger partial charge on any atom is -0.393 e. The number of aryl methyl sites for hydroxylation is 1. The maximum atomic E-state index is 9.37. The summed E-state index contributed by atoms with van der Waals surface area (Å²) in [7, 11) is 0. The molecule has 1 saturated carbocycles. The van der Waals surface area contributed by atoms with E-state index >= 15 is 0 Å². The van der Waals surface area contributed by atoms with E-state index in [4.69, 9.17) is 0 Å². The summed E-state index contributed by atoms with van der Waals surface area (Å²) in [6, 6.07) is 10.7. The van der Waals surface area contributed by atoms with Gasteiger partial charge in [0.1, 0.15) is 17.5 Å². The van der Waals surface area contributed by atoms with Crippen LogP contribution in [0.15, 0.2) is 30.5 Å². The molecule has 6 heteroatoms. The molecule has 0 saturated heterocycles. The zero-order chi connectivity index (χ0) is 16.9. The van der Waals surface area contributed by atoms with Gasteiger partial charge < -0.3 is 15.7 Å². The van der Waals surface area contributed by atoms with E-state index in [9.17, 15) is 10.4 Å². The maximum Gasteiger partial charge on any atom is 0.224 e. The number of nitriles is 1. The van der Waals surface area contributed by atoms with Crippen LogP contribution in [0.2, 0.25) is 0 Å². The topological polar surface area (TPSA) is 93.9 Å². The molecular weight excluding hydrogens is 302 g/mol. The molecule has 0 amide bonds. The van der Waals surface area contributed by atoms with E-state index in [1.165, 1.54) is 17.3 Å². The Kier molecular flexibility index (Phi) is 4.92. The summed E-state index contributed by atoms with van der Waals surface area (Å²) in [5.41, 5.74) is 2.93. The number of nitrogens with one attached hydrogen (secondary N) is 2. The number of aliphatic hydroxyl groups is 1. The second kappa shape index (κ2) is 7.28. The van der Waals surface area contributed by atoms with E-state index in [2.05, 4.69) is 57.9 Å². The van der Waals surface area contributed by atoms with Gasteiger partial charge in [-0.3, -0.25) is 0 Å². The molecule has 0 unspecified atom stereocenters. The highest BCUT2D eigenvalue weighted by Crippen LogP contribution is 2.25. The molecule has 0 spiro atoms. The molecule has 6 nitrogen and oxygen atoms in total. The van der Waals surface area contributed by atoms with E-state index in [1.54, 1.807) is 0 Å². The van der Waals surface area contributed by atoms with Crippen molar-refractivity contribution < 1.29 is 5.11 Å². The van der Waals surface area contributed by atoms with Gasteiger partial charge in [0.15, 0.2) is 0 Å². The van der Waals surface area contributed by atoms with Crippen molar-refractivity contribution in [3.63, 3.8) is 0 Å². The fourth-order valence-corrected chi connectivity index (χ4v) is 2.74. The van der Waals surface area contributed by atoms with Gasteiger partial charge in [-0.2, -0.15) is 10.2 Å². The first-order valence-corrected chi connectivity index (χ1v) is 8.15. The first-order valence-electron chi connectivity index (χ1n) is 8.15. The van der Waals surface area contributed by atoms with Gasteiger partial charge in [0.05, 0.1) is 12.3 Å². The van der Waals surface area contributed by atoms with E-state index < -0.39 is 0 Å². The van der Waals surface area contributed by atoms with Crippen molar-refractivity contribution in [2.45, 2.75) is 38.3 Å². The molecule has 24 heavy (non-hydrogen) atoms. The van der Waals surface area contributed by atoms with Gasteiger partial charge >= 0.3 is 0 Å². The lowest BCUT2D eigenvalue weighted by molar-refractivity contribution is 0.0835. The number of hydrogen-bond donors (Lipinski definition) is 3. The third-order valence-electron chi connectivity index (χ3n) is 4.14. The van der Waals surface area contributed by atoms with Crippen molar-refractivity contribution in [3.8, 4) is 6.07 Å². The Morgan fingerprint density at radius 3 is 2.92 bits per heavy atom. The Hall–Kier alpha value is -2.65. The molecule has 0 atom stereocenters. The number of anilines is 2. The van der Waals surface area contributed by atoms with E-state index in [0.29, 0.717) is 30.2 Å². The largest absolute Gasteiger partial charge is 0.393 e. The van der Waals surface area contributed by atoms with Crippen molar-refractivity contribution >= 4 is 11.8 Å². The molecule has 1 heterocycles. The zero-order valence-electron chi connectivity index (χ0n) is 13.7. The first-order chi connectivity index (χ1) is 11.6. The summed E-state index contributed by atoms with van der Waals surface area (Å²) in [5.74, 6) is 1.03. The Labute approximate surface area is 141 Å². The molecule has 0 bridgehead atoms. The SMILES string of the molecule is Cc1cccc(CCNc2ncc(C#N)c(N[C@H]3C[C@H](O)C3)n2)c1. The fourth-order valence-electron chi connectivity index (χ4n) is 2.74. The average molecular weight is 323 g/mol. The maximum absolute atomic E-state index is 9.37. The Morgan fingerprint density at radius 2 is 2.21 bits per heavy atom. The first kappa shape index (κ1) is 16.2. The summed E-state index contributed by atoms with van der Waals surface area (Å²) in [4.78, 5) is 8.59. The van der Waals surface area contributed by atoms with Gasteiger partial charge in [-0.25, -0.2) is 4.98 Å². The number of nitrogens with zero attached hydrogens (tertiary/aromatic N) is 3. The van der Waals surface area contributed by atoms with Crippen molar-refractivity contribution in [2.24, 2.45) is 0 Å². The molecular formula is C18H21N5O. The molecule has 2 aromatic rings. The summed E-state index contributed by atoms with van der Waals surface area (Å²) in [6.07, 6.45) is 3.53. The quantitative estimate of drug-likeness (QED) is 0.755.